The van der Waals surface area contributed by atoms with Crippen LogP contribution < -0.4 is 10.6 Å². The third kappa shape index (κ3) is 4.50. The lowest BCUT2D eigenvalue weighted by Gasteiger charge is -2.35. The number of allylic oxidation sites excluding steroid dienone is 1. The Labute approximate surface area is 202 Å². The fourth-order valence-electron chi connectivity index (χ4n) is 6.26. The first-order chi connectivity index (χ1) is 16.5. The number of fused-ring (bicyclic) bond motifs is 1. The van der Waals surface area contributed by atoms with Gasteiger partial charge in [0.05, 0.1) is 24.5 Å². The zero-order chi connectivity index (χ0) is 24.2. The monoisotopic (exact) mass is 467 g/mol. The number of hydrogen-bond acceptors (Lipinski definition) is 4. The van der Waals surface area contributed by atoms with Gasteiger partial charge in [0, 0.05) is 19.0 Å². The summed E-state index contributed by atoms with van der Waals surface area (Å²) >= 11 is 0. The summed E-state index contributed by atoms with van der Waals surface area (Å²) in [5.41, 5.74) is 0.778. The van der Waals surface area contributed by atoms with Gasteiger partial charge in [-0.1, -0.05) is 68.7 Å². The number of nitrogens with zero attached hydrogens (tertiary/aromatic N) is 1. The first-order valence-corrected chi connectivity index (χ1v) is 12.7. The van der Waals surface area contributed by atoms with Crippen molar-refractivity contribution in [2.75, 3.05) is 13.7 Å². The average Bonchev–Trinajstić information content (AvgIpc) is 3.17. The summed E-state index contributed by atoms with van der Waals surface area (Å²) < 4.78 is 0. The molecular weight excluding hydrogens is 430 g/mol. The van der Waals surface area contributed by atoms with E-state index in [0.717, 1.165) is 37.7 Å². The predicted octanol–water partition coefficient (Wildman–Crippen LogP) is 2.57. The van der Waals surface area contributed by atoms with Crippen molar-refractivity contribution < 1.29 is 19.5 Å². The largest absolute Gasteiger partial charge is 0.394 e. The van der Waals surface area contributed by atoms with Crippen LogP contribution in [0.5, 0.6) is 0 Å². The highest BCUT2D eigenvalue weighted by Crippen LogP contribution is 2.47. The Kier molecular flexibility index (Phi) is 7.71. The summed E-state index contributed by atoms with van der Waals surface area (Å²) in [5, 5.41) is 16.4. The van der Waals surface area contributed by atoms with Gasteiger partial charge in [-0.15, -0.1) is 0 Å². The van der Waals surface area contributed by atoms with Crippen LogP contribution in [-0.2, 0) is 14.4 Å². The molecule has 184 valence electrons. The Morgan fingerprint density at radius 2 is 1.79 bits per heavy atom. The zero-order valence-corrected chi connectivity index (χ0v) is 20.2. The fourth-order valence-corrected chi connectivity index (χ4v) is 6.26. The second-order valence-electron chi connectivity index (χ2n) is 9.84. The molecule has 7 heteroatoms. The van der Waals surface area contributed by atoms with E-state index in [4.69, 9.17) is 0 Å². The van der Waals surface area contributed by atoms with Crippen LogP contribution in [0.1, 0.15) is 57.1 Å². The maximum absolute atomic E-state index is 14.0. The number of hydrogen-bond donors (Lipinski definition) is 3. The molecule has 34 heavy (non-hydrogen) atoms. The van der Waals surface area contributed by atoms with E-state index in [0.29, 0.717) is 0 Å². The van der Waals surface area contributed by atoms with Crippen molar-refractivity contribution in [3.8, 4) is 0 Å². The van der Waals surface area contributed by atoms with Crippen molar-refractivity contribution in [2.45, 2.75) is 63.6 Å². The van der Waals surface area contributed by atoms with Crippen LogP contribution in [0.3, 0.4) is 0 Å². The molecule has 1 aromatic rings. The summed E-state index contributed by atoms with van der Waals surface area (Å²) in [5.74, 6) is -2.24. The third-order valence-corrected chi connectivity index (χ3v) is 7.98. The Morgan fingerprint density at radius 3 is 2.41 bits per heavy atom. The van der Waals surface area contributed by atoms with Crippen LogP contribution >= 0.6 is 0 Å². The molecule has 6 atom stereocenters. The summed E-state index contributed by atoms with van der Waals surface area (Å²) in [6, 6.07) is 8.03. The van der Waals surface area contributed by atoms with Gasteiger partial charge in [-0.3, -0.25) is 14.4 Å². The number of nitrogens with one attached hydrogen (secondary N) is 2. The normalized spacial score (nSPS) is 30.0. The number of benzene rings is 1. The van der Waals surface area contributed by atoms with Gasteiger partial charge in [0.15, 0.2) is 0 Å². The van der Waals surface area contributed by atoms with E-state index in [1.54, 1.807) is 11.9 Å². The maximum atomic E-state index is 14.0. The molecule has 3 amide bonds. The van der Waals surface area contributed by atoms with Gasteiger partial charge in [0.1, 0.15) is 6.04 Å². The molecule has 1 heterocycles. The highest BCUT2D eigenvalue weighted by molar-refractivity contribution is 5.97. The molecule has 2 fully saturated rings. The van der Waals surface area contributed by atoms with Gasteiger partial charge in [-0.05, 0) is 30.7 Å². The predicted molar refractivity (Wildman–Crippen MR) is 129 cm³/mol. The van der Waals surface area contributed by atoms with E-state index < -0.39 is 29.8 Å². The molecule has 4 rings (SSSR count). The van der Waals surface area contributed by atoms with Gasteiger partial charge in [-0.2, -0.15) is 0 Å². The summed E-state index contributed by atoms with van der Waals surface area (Å²) in [4.78, 5) is 42.3. The Bertz CT molecular complexity index is 912. The van der Waals surface area contributed by atoms with Crippen molar-refractivity contribution in [1.82, 2.24) is 15.5 Å². The smallest absolute Gasteiger partial charge is 0.243 e. The SMILES string of the molecule is CC[C@@H]1C=C[C@H]2[C@@H](C(=O)N([C@H](CO)c3ccccc3)[C@@H]2C(=O)NC2CCCCC2)[C@@H]1C(=O)NC. The lowest BCUT2D eigenvalue weighted by atomic mass is 9.68. The third-order valence-electron chi connectivity index (χ3n) is 7.98. The molecule has 7 nitrogen and oxygen atoms in total. The van der Waals surface area contributed by atoms with Gasteiger partial charge < -0.3 is 20.6 Å². The molecule has 1 saturated heterocycles. The van der Waals surface area contributed by atoms with Crippen LogP contribution in [0.15, 0.2) is 42.5 Å². The Hall–Kier alpha value is -2.67. The van der Waals surface area contributed by atoms with Crippen LogP contribution in [-0.4, -0.2) is 53.5 Å². The average molecular weight is 468 g/mol. The molecule has 1 saturated carbocycles. The van der Waals surface area contributed by atoms with Crippen LogP contribution in [0.25, 0.3) is 0 Å². The molecule has 2 aliphatic carbocycles. The van der Waals surface area contributed by atoms with Crippen molar-refractivity contribution in [3.63, 3.8) is 0 Å². The van der Waals surface area contributed by atoms with Crippen molar-refractivity contribution >= 4 is 17.7 Å². The minimum Gasteiger partial charge on any atom is -0.394 e. The van der Waals surface area contributed by atoms with Crippen LogP contribution in [0.4, 0.5) is 0 Å². The number of rotatable bonds is 7. The van der Waals surface area contributed by atoms with E-state index in [9.17, 15) is 19.5 Å². The van der Waals surface area contributed by atoms with Crippen molar-refractivity contribution in [2.24, 2.45) is 23.7 Å². The molecule has 0 bridgehead atoms. The standard InChI is InChI=1S/C27H37N3O4/c1-3-17-14-15-20-23(22(17)25(32)28-2)27(34)30(21(16-31)18-10-6-4-7-11-18)24(20)26(33)29-19-12-8-5-9-13-19/h4,6-7,10-11,14-15,17,19-24,31H,3,5,8-9,12-13,16H2,1-2H3,(H,28,32)(H,29,33)/t17-,20+,21-,22-,23-,24+/m1/s1. The molecule has 1 aromatic carbocycles. The maximum Gasteiger partial charge on any atom is 0.243 e. The summed E-state index contributed by atoms with van der Waals surface area (Å²) in [6.07, 6.45) is 9.95. The van der Waals surface area contributed by atoms with Gasteiger partial charge in [0.25, 0.3) is 0 Å². The number of carbonyl (C=O) groups excluding carboxylic acids is 3. The second-order valence-corrected chi connectivity index (χ2v) is 9.84. The lowest BCUT2D eigenvalue weighted by molar-refractivity contribution is -0.143. The molecule has 3 N–H and O–H groups in total. The number of aliphatic hydroxyl groups is 1. The highest BCUT2D eigenvalue weighted by atomic mass is 16.3. The van der Waals surface area contributed by atoms with Gasteiger partial charge in [0.2, 0.25) is 17.7 Å². The second kappa shape index (κ2) is 10.7. The summed E-state index contributed by atoms with van der Waals surface area (Å²) in [7, 11) is 1.59. The molecule has 0 radical (unpaired) electrons. The van der Waals surface area contributed by atoms with Crippen LogP contribution in [0.2, 0.25) is 0 Å². The fraction of sp³-hybridized carbons (Fsp3) is 0.593. The number of likely N-dealkylation sites (tertiary alicyclic amines) is 1. The van der Waals surface area contributed by atoms with Crippen molar-refractivity contribution in [3.05, 3.63) is 48.0 Å². The zero-order valence-electron chi connectivity index (χ0n) is 20.2. The molecule has 0 spiro atoms. The van der Waals surface area contributed by atoms with Crippen molar-refractivity contribution in [1.29, 1.82) is 0 Å². The van der Waals surface area contributed by atoms with Gasteiger partial charge >= 0.3 is 0 Å². The molecular formula is C27H37N3O4. The minimum absolute atomic E-state index is 0.0727. The van der Waals surface area contributed by atoms with E-state index in [2.05, 4.69) is 10.6 Å². The molecule has 1 aliphatic heterocycles. The Morgan fingerprint density at radius 1 is 1.09 bits per heavy atom. The molecule has 0 unspecified atom stereocenters. The lowest BCUT2D eigenvalue weighted by Crippen LogP contribution is -2.51. The minimum atomic E-state index is -0.766. The first kappa shape index (κ1) is 24.5. The van der Waals surface area contributed by atoms with Crippen LogP contribution in [0, 0.1) is 23.7 Å². The summed E-state index contributed by atoms with van der Waals surface area (Å²) in [6.45, 7) is 1.71. The number of aliphatic hydroxyl groups excluding tert-OH is 1. The topological polar surface area (TPSA) is 98.7 Å². The first-order valence-electron chi connectivity index (χ1n) is 12.7. The van der Waals surface area contributed by atoms with E-state index in [1.807, 2.05) is 49.4 Å². The van der Waals surface area contributed by atoms with E-state index >= 15 is 0 Å². The highest BCUT2D eigenvalue weighted by Gasteiger charge is 2.58. The molecule has 3 aliphatic rings. The number of amides is 3. The van der Waals surface area contributed by atoms with E-state index in [1.165, 1.54) is 6.42 Å². The molecule has 0 aromatic heterocycles. The quantitative estimate of drug-likeness (QED) is 0.537. The van der Waals surface area contributed by atoms with E-state index in [-0.39, 0.29) is 36.3 Å². The van der Waals surface area contributed by atoms with Gasteiger partial charge in [-0.25, -0.2) is 0 Å². The Balaban J connectivity index is 1.74. The number of carbonyl (C=O) groups is 3.